The van der Waals surface area contributed by atoms with Gasteiger partial charge in [-0.2, -0.15) is 0 Å². The molecule has 1 N–H and O–H groups in total. The lowest BCUT2D eigenvalue weighted by molar-refractivity contribution is -0.143. The summed E-state index contributed by atoms with van der Waals surface area (Å²) in [6.45, 7) is 7.79. The maximum absolute atomic E-state index is 12.6. The molecule has 0 aliphatic rings. The smallest absolute Gasteiger partial charge is 0.307 e. The summed E-state index contributed by atoms with van der Waals surface area (Å²) in [5.41, 5.74) is 1.04. The zero-order chi connectivity index (χ0) is 20.0. The number of thiophene rings is 1. The molecule has 0 aliphatic carbocycles. The van der Waals surface area contributed by atoms with Gasteiger partial charge in [-0.15, -0.1) is 11.3 Å². The van der Waals surface area contributed by atoms with Gasteiger partial charge in [0.15, 0.2) is 0 Å². The topological polar surface area (TPSA) is 64.6 Å². The summed E-state index contributed by atoms with van der Waals surface area (Å²) in [7, 11) is 0.339. The maximum atomic E-state index is 12.6. The van der Waals surface area contributed by atoms with Crippen LogP contribution >= 0.6 is 11.3 Å². The molecule has 1 heterocycles. The number of carbonyl (C=O) groups excluding carboxylic acids is 1. The van der Waals surface area contributed by atoms with E-state index >= 15 is 0 Å². The minimum Gasteiger partial charge on any atom is -0.497 e. The molecule has 2 rings (SSSR count). The highest BCUT2D eigenvalue weighted by Gasteiger charge is 2.26. The van der Waals surface area contributed by atoms with Crippen molar-refractivity contribution in [1.29, 1.82) is 0 Å². The lowest BCUT2D eigenvalue weighted by atomic mass is 10.1. The Hall–Kier alpha value is -1.70. The zero-order valence-corrected chi connectivity index (χ0v) is 18.0. The van der Waals surface area contributed by atoms with Crippen molar-refractivity contribution in [2.24, 2.45) is 0 Å². The van der Waals surface area contributed by atoms with Gasteiger partial charge in [-0.25, -0.2) is 8.93 Å². The van der Waals surface area contributed by atoms with Gasteiger partial charge in [0, 0.05) is 9.75 Å². The standard InChI is InChI=1S/C20H27NO4S2/c1-6-25-19(22)13-16(21-27(23)20(2,3)4)18-11-10-17(26-18)14-8-7-9-15(12-14)24-5/h7-12,16,21H,6,13H2,1-5H3/t16-,27+/m0/s1. The SMILES string of the molecule is CCOC(=O)C[C@H](N[S@](=O)C(C)(C)C)c1ccc(-c2cccc(OC)c2)s1. The van der Waals surface area contributed by atoms with Gasteiger partial charge in [-0.05, 0) is 57.5 Å². The van der Waals surface area contributed by atoms with E-state index in [1.807, 2.05) is 57.2 Å². The van der Waals surface area contributed by atoms with Crippen LogP contribution in [0.3, 0.4) is 0 Å². The maximum Gasteiger partial charge on any atom is 0.307 e. The quantitative estimate of drug-likeness (QED) is 0.654. The highest BCUT2D eigenvalue weighted by Crippen LogP contribution is 2.34. The molecule has 1 aromatic carbocycles. The fraction of sp³-hybridized carbons (Fsp3) is 0.450. The fourth-order valence-corrected chi connectivity index (χ4v) is 4.32. The van der Waals surface area contributed by atoms with Crippen LogP contribution in [0.4, 0.5) is 0 Å². The number of esters is 1. The Bertz CT molecular complexity index is 795. The van der Waals surface area contributed by atoms with Crippen LogP contribution in [0, 0.1) is 0 Å². The van der Waals surface area contributed by atoms with Crippen molar-refractivity contribution in [2.45, 2.75) is 44.9 Å². The Morgan fingerprint density at radius 1 is 1.26 bits per heavy atom. The van der Waals surface area contributed by atoms with Crippen molar-refractivity contribution in [2.75, 3.05) is 13.7 Å². The van der Waals surface area contributed by atoms with Gasteiger partial charge in [-0.1, -0.05) is 12.1 Å². The Labute approximate surface area is 167 Å². The number of carbonyl (C=O) groups is 1. The van der Waals surface area contributed by atoms with Gasteiger partial charge in [0.2, 0.25) is 0 Å². The molecule has 0 saturated heterocycles. The number of hydrogen-bond acceptors (Lipinski definition) is 5. The predicted octanol–water partition coefficient (Wildman–Crippen LogP) is 4.47. The van der Waals surface area contributed by atoms with Crippen molar-refractivity contribution in [3.8, 4) is 16.2 Å². The molecule has 0 amide bonds. The Morgan fingerprint density at radius 2 is 2.00 bits per heavy atom. The van der Waals surface area contributed by atoms with Gasteiger partial charge < -0.3 is 9.47 Å². The molecule has 7 heteroatoms. The van der Waals surface area contributed by atoms with Crippen LogP contribution < -0.4 is 9.46 Å². The number of rotatable bonds is 8. The summed E-state index contributed by atoms with van der Waals surface area (Å²) < 4.78 is 25.6. The molecule has 27 heavy (non-hydrogen) atoms. The first kappa shape index (κ1) is 21.6. The zero-order valence-electron chi connectivity index (χ0n) is 16.4. The lowest BCUT2D eigenvalue weighted by Gasteiger charge is -2.23. The number of ether oxygens (including phenoxy) is 2. The first-order valence-electron chi connectivity index (χ1n) is 8.82. The van der Waals surface area contributed by atoms with Crippen LogP contribution in [-0.4, -0.2) is 28.6 Å². The number of hydrogen-bond donors (Lipinski definition) is 1. The van der Waals surface area contributed by atoms with Gasteiger partial charge in [0.1, 0.15) is 5.75 Å². The van der Waals surface area contributed by atoms with E-state index in [2.05, 4.69) is 4.72 Å². The van der Waals surface area contributed by atoms with E-state index in [0.29, 0.717) is 6.61 Å². The second kappa shape index (κ2) is 9.48. The molecule has 0 aliphatic heterocycles. The van der Waals surface area contributed by atoms with Gasteiger partial charge in [0.05, 0.1) is 41.9 Å². The molecular weight excluding hydrogens is 382 g/mol. The monoisotopic (exact) mass is 409 g/mol. The number of nitrogens with one attached hydrogen (secondary N) is 1. The average molecular weight is 410 g/mol. The summed E-state index contributed by atoms with van der Waals surface area (Å²) in [6.07, 6.45) is 0.133. The lowest BCUT2D eigenvalue weighted by Crippen LogP contribution is -2.36. The molecule has 0 spiro atoms. The normalized spacial score (nSPS) is 13.8. The van der Waals surface area contributed by atoms with Crippen molar-refractivity contribution in [1.82, 2.24) is 4.72 Å². The molecule has 0 saturated carbocycles. The van der Waals surface area contributed by atoms with Crippen LogP contribution in [0.1, 0.15) is 45.0 Å². The summed E-state index contributed by atoms with van der Waals surface area (Å²) in [4.78, 5) is 14.0. The molecule has 0 bridgehead atoms. The molecule has 5 nitrogen and oxygen atoms in total. The van der Waals surface area contributed by atoms with E-state index in [1.165, 1.54) is 0 Å². The van der Waals surface area contributed by atoms with Crippen LogP contribution in [0.25, 0.3) is 10.4 Å². The minimum absolute atomic E-state index is 0.133. The molecular formula is C20H27NO4S2. The second-order valence-electron chi connectivity index (χ2n) is 6.99. The first-order valence-corrected chi connectivity index (χ1v) is 10.8. The Kier molecular flexibility index (Phi) is 7.59. The molecule has 0 fully saturated rings. The van der Waals surface area contributed by atoms with Crippen molar-refractivity contribution in [3.05, 3.63) is 41.3 Å². The summed E-state index contributed by atoms with van der Waals surface area (Å²) in [5, 5.41) is 0. The van der Waals surface area contributed by atoms with Gasteiger partial charge in [-0.3, -0.25) is 4.79 Å². The van der Waals surface area contributed by atoms with E-state index in [1.54, 1.807) is 25.4 Å². The highest BCUT2D eigenvalue weighted by molar-refractivity contribution is 7.84. The predicted molar refractivity (Wildman–Crippen MR) is 111 cm³/mol. The van der Waals surface area contributed by atoms with Gasteiger partial charge >= 0.3 is 5.97 Å². The van der Waals surface area contributed by atoms with Crippen molar-refractivity contribution in [3.63, 3.8) is 0 Å². The third-order valence-corrected chi connectivity index (χ3v) is 6.67. The summed E-state index contributed by atoms with van der Waals surface area (Å²) >= 11 is 1.57. The van der Waals surface area contributed by atoms with Crippen LogP contribution in [0.15, 0.2) is 36.4 Å². The first-order chi connectivity index (χ1) is 12.7. The van der Waals surface area contributed by atoms with Crippen LogP contribution in [0.5, 0.6) is 5.75 Å². The molecule has 2 aromatic rings. The summed E-state index contributed by atoms with van der Waals surface area (Å²) in [5.74, 6) is 0.481. The van der Waals surface area contributed by atoms with E-state index in [4.69, 9.17) is 9.47 Å². The average Bonchev–Trinajstić information content (AvgIpc) is 3.10. The molecule has 2 atom stereocenters. The van der Waals surface area contributed by atoms with E-state index in [0.717, 1.165) is 21.1 Å². The van der Waals surface area contributed by atoms with Gasteiger partial charge in [0.25, 0.3) is 0 Å². The van der Waals surface area contributed by atoms with Crippen LogP contribution in [0.2, 0.25) is 0 Å². The Balaban J connectivity index is 2.28. The second-order valence-corrected chi connectivity index (χ2v) is 10.1. The van der Waals surface area contributed by atoms with Crippen molar-refractivity contribution >= 4 is 28.3 Å². The minimum atomic E-state index is -1.30. The van der Waals surface area contributed by atoms with E-state index < -0.39 is 15.7 Å². The molecule has 0 unspecified atom stereocenters. The fourth-order valence-electron chi connectivity index (χ4n) is 2.36. The molecule has 1 aromatic heterocycles. The molecule has 0 radical (unpaired) electrons. The van der Waals surface area contributed by atoms with Crippen LogP contribution in [-0.2, 0) is 20.5 Å². The largest absolute Gasteiger partial charge is 0.497 e. The van der Waals surface area contributed by atoms with E-state index in [9.17, 15) is 9.00 Å². The number of methoxy groups -OCH3 is 1. The van der Waals surface area contributed by atoms with Crippen molar-refractivity contribution < 1.29 is 18.5 Å². The molecule has 148 valence electrons. The third-order valence-electron chi connectivity index (χ3n) is 3.81. The number of benzene rings is 1. The Morgan fingerprint density at radius 3 is 2.63 bits per heavy atom. The highest BCUT2D eigenvalue weighted by atomic mass is 32.2. The summed E-state index contributed by atoms with van der Waals surface area (Å²) in [6, 6.07) is 11.4. The van der Waals surface area contributed by atoms with E-state index in [-0.39, 0.29) is 18.4 Å². The third kappa shape index (κ3) is 6.16.